The van der Waals surface area contributed by atoms with Crippen molar-refractivity contribution in [3.8, 4) is 23.0 Å². The van der Waals surface area contributed by atoms with Gasteiger partial charge in [-0.1, -0.05) is 36.4 Å². The summed E-state index contributed by atoms with van der Waals surface area (Å²) >= 11 is 0. The minimum atomic E-state index is -0.540. The van der Waals surface area contributed by atoms with E-state index in [0.717, 1.165) is 11.1 Å². The van der Waals surface area contributed by atoms with Crippen molar-refractivity contribution in [1.82, 2.24) is 5.43 Å². The average Bonchev–Trinajstić information content (AvgIpc) is 2.73. The number of rotatable bonds is 5. The summed E-state index contributed by atoms with van der Waals surface area (Å²) in [6.45, 7) is 2.38. The van der Waals surface area contributed by atoms with Crippen molar-refractivity contribution in [3.05, 3.63) is 83.4 Å². The predicted octanol–water partition coefficient (Wildman–Crippen LogP) is 4.18. The van der Waals surface area contributed by atoms with Crippen molar-refractivity contribution < 1.29 is 19.4 Å². The summed E-state index contributed by atoms with van der Waals surface area (Å²) in [5, 5.41) is 14.1. The molecule has 0 spiro atoms. The van der Waals surface area contributed by atoms with Gasteiger partial charge in [-0.15, -0.1) is 0 Å². The smallest absolute Gasteiger partial charge is 0.252 e. The van der Waals surface area contributed by atoms with Gasteiger partial charge in [0.2, 0.25) is 0 Å². The summed E-state index contributed by atoms with van der Waals surface area (Å²) in [6, 6.07) is 19.8. The summed E-state index contributed by atoms with van der Waals surface area (Å²) in [5.41, 5.74) is 4.62. The van der Waals surface area contributed by atoms with Crippen LogP contribution in [0, 0.1) is 0 Å². The van der Waals surface area contributed by atoms with E-state index in [9.17, 15) is 9.90 Å². The first-order valence-corrected chi connectivity index (χ1v) is 9.32. The maximum atomic E-state index is 13.0. The van der Waals surface area contributed by atoms with E-state index in [4.69, 9.17) is 9.47 Å². The number of phenols is 1. The topological polar surface area (TPSA) is 80.2 Å². The van der Waals surface area contributed by atoms with E-state index in [2.05, 4.69) is 10.5 Å². The lowest BCUT2D eigenvalue weighted by Gasteiger charge is -2.26. The molecule has 1 amide bonds. The third-order valence-electron chi connectivity index (χ3n) is 4.63. The Hall–Kier alpha value is -3.80. The van der Waals surface area contributed by atoms with E-state index in [1.807, 2.05) is 55.5 Å². The molecule has 0 aliphatic carbocycles. The zero-order valence-electron chi connectivity index (χ0n) is 15.8. The largest absolute Gasteiger partial charge is 0.507 e. The van der Waals surface area contributed by atoms with Gasteiger partial charge >= 0.3 is 0 Å². The summed E-state index contributed by atoms with van der Waals surface area (Å²) in [7, 11) is 0. The molecule has 0 bridgehead atoms. The number of nitrogens with zero attached hydrogens (tertiary/aromatic N) is 1. The molecule has 0 radical (unpaired) electrons. The van der Waals surface area contributed by atoms with Gasteiger partial charge in [0.25, 0.3) is 5.91 Å². The van der Waals surface area contributed by atoms with Crippen LogP contribution in [0.1, 0.15) is 29.5 Å². The first-order chi connectivity index (χ1) is 14.2. The highest BCUT2D eigenvalue weighted by Crippen LogP contribution is 2.43. The minimum absolute atomic E-state index is 0.0238. The zero-order chi connectivity index (χ0) is 20.2. The van der Waals surface area contributed by atoms with Crippen LogP contribution in [0.5, 0.6) is 23.0 Å². The van der Waals surface area contributed by atoms with Crippen LogP contribution in [-0.4, -0.2) is 23.8 Å². The highest BCUT2D eigenvalue weighted by molar-refractivity contribution is 5.91. The van der Waals surface area contributed by atoms with Crippen LogP contribution < -0.4 is 14.9 Å². The fourth-order valence-electron chi connectivity index (χ4n) is 3.31. The van der Waals surface area contributed by atoms with E-state index in [0.29, 0.717) is 29.4 Å². The Morgan fingerprint density at radius 1 is 1.10 bits per heavy atom. The standard InChI is InChI=1S/C23H20N2O4/c1-2-28-16-12-11-15(19(26)13-16)14-24-25-23(27)22-17-7-3-5-9-20(17)29-21-10-6-4-8-18(21)22/h3-14,22,26H,2H2,1H3,(H,25,27)/b24-14-. The molecule has 0 saturated carbocycles. The Kier molecular flexibility index (Phi) is 5.16. The SMILES string of the molecule is CCOc1ccc(/C=N\NC(=O)C2c3ccccc3Oc3ccccc32)c(O)c1. The molecule has 1 aliphatic rings. The molecule has 2 N–H and O–H groups in total. The van der Waals surface area contributed by atoms with E-state index in [1.54, 1.807) is 12.1 Å². The number of carbonyl (C=O) groups excluding carboxylic acids is 1. The number of ether oxygens (including phenoxy) is 2. The van der Waals surface area contributed by atoms with Crippen molar-refractivity contribution in [2.24, 2.45) is 5.10 Å². The predicted molar refractivity (Wildman–Crippen MR) is 110 cm³/mol. The summed E-state index contributed by atoms with van der Waals surface area (Å²) in [5.74, 6) is 1.08. The number of fused-ring (bicyclic) bond motifs is 2. The molecule has 29 heavy (non-hydrogen) atoms. The monoisotopic (exact) mass is 388 g/mol. The fraction of sp³-hybridized carbons (Fsp3) is 0.130. The van der Waals surface area contributed by atoms with E-state index < -0.39 is 5.92 Å². The molecular formula is C23H20N2O4. The minimum Gasteiger partial charge on any atom is -0.507 e. The molecular weight excluding hydrogens is 368 g/mol. The zero-order valence-corrected chi connectivity index (χ0v) is 15.8. The number of phenolic OH excluding ortho intramolecular Hbond substituents is 1. The third-order valence-corrected chi connectivity index (χ3v) is 4.63. The normalized spacial score (nSPS) is 12.7. The Bertz CT molecular complexity index is 1030. The number of aromatic hydroxyl groups is 1. The first-order valence-electron chi connectivity index (χ1n) is 9.32. The third kappa shape index (κ3) is 3.78. The van der Waals surface area contributed by atoms with Crippen LogP contribution in [0.4, 0.5) is 0 Å². The number of para-hydroxylation sites is 2. The van der Waals surface area contributed by atoms with E-state index in [1.165, 1.54) is 12.3 Å². The first kappa shape index (κ1) is 18.6. The van der Waals surface area contributed by atoms with Gasteiger partial charge in [-0.25, -0.2) is 5.43 Å². The molecule has 146 valence electrons. The molecule has 6 heteroatoms. The number of benzene rings is 3. The molecule has 0 aromatic heterocycles. The highest BCUT2D eigenvalue weighted by Gasteiger charge is 2.32. The van der Waals surface area contributed by atoms with Crippen LogP contribution in [0.3, 0.4) is 0 Å². The van der Waals surface area contributed by atoms with Crippen molar-refractivity contribution in [2.75, 3.05) is 6.61 Å². The fourth-order valence-corrected chi connectivity index (χ4v) is 3.31. The number of carbonyl (C=O) groups is 1. The molecule has 1 aliphatic heterocycles. The Labute approximate surface area is 168 Å². The second kappa shape index (κ2) is 8.06. The number of hydrazone groups is 1. The Morgan fingerprint density at radius 3 is 2.38 bits per heavy atom. The van der Waals surface area contributed by atoms with Crippen LogP contribution in [-0.2, 0) is 4.79 Å². The van der Waals surface area contributed by atoms with Crippen LogP contribution in [0.2, 0.25) is 0 Å². The van der Waals surface area contributed by atoms with Crippen molar-refractivity contribution in [2.45, 2.75) is 12.8 Å². The number of nitrogens with one attached hydrogen (secondary N) is 1. The quantitative estimate of drug-likeness (QED) is 0.508. The lowest BCUT2D eigenvalue weighted by molar-refractivity contribution is -0.121. The average molecular weight is 388 g/mol. The van der Waals surface area contributed by atoms with Crippen LogP contribution in [0.25, 0.3) is 0 Å². The maximum Gasteiger partial charge on any atom is 0.252 e. The van der Waals surface area contributed by atoms with Gasteiger partial charge in [0.05, 0.1) is 18.7 Å². The molecule has 3 aromatic rings. The van der Waals surface area contributed by atoms with Gasteiger partial charge in [0.15, 0.2) is 0 Å². The molecule has 3 aromatic carbocycles. The maximum absolute atomic E-state index is 13.0. The Morgan fingerprint density at radius 2 is 1.76 bits per heavy atom. The highest BCUT2D eigenvalue weighted by atomic mass is 16.5. The summed E-state index contributed by atoms with van der Waals surface area (Å²) < 4.78 is 11.3. The van der Waals surface area contributed by atoms with E-state index >= 15 is 0 Å². The molecule has 0 atom stereocenters. The number of amides is 1. The van der Waals surface area contributed by atoms with Crippen LogP contribution >= 0.6 is 0 Å². The second-order valence-electron chi connectivity index (χ2n) is 6.50. The Balaban J connectivity index is 1.56. The number of hydrogen-bond donors (Lipinski definition) is 2. The molecule has 1 heterocycles. The van der Waals surface area contributed by atoms with Crippen LogP contribution in [0.15, 0.2) is 71.8 Å². The van der Waals surface area contributed by atoms with Gasteiger partial charge in [0, 0.05) is 22.8 Å². The van der Waals surface area contributed by atoms with Gasteiger partial charge < -0.3 is 14.6 Å². The molecule has 4 rings (SSSR count). The van der Waals surface area contributed by atoms with Crippen molar-refractivity contribution in [1.29, 1.82) is 0 Å². The second-order valence-corrected chi connectivity index (χ2v) is 6.50. The molecule has 0 unspecified atom stereocenters. The lowest BCUT2D eigenvalue weighted by Crippen LogP contribution is -2.28. The van der Waals surface area contributed by atoms with E-state index in [-0.39, 0.29) is 11.7 Å². The van der Waals surface area contributed by atoms with Gasteiger partial charge in [-0.2, -0.15) is 5.10 Å². The van der Waals surface area contributed by atoms with Gasteiger partial charge in [-0.05, 0) is 31.2 Å². The molecule has 0 saturated heterocycles. The summed E-state index contributed by atoms with van der Waals surface area (Å²) in [4.78, 5) is 13.0. The lowest BCUT2D eigenvalue weighted by atomic mass is 9.87. The number of hydrogen-bond acceptors (Lipinski definition) is 5. The van der Waals surface area contributed by atoms with Gasteiger partial charge in [0.1, 0.15) is 23.0 Å². The molecule has 0 fully saturated rings. The molecule has 6 nitrogen and oxygen atoms in total. The summed E-state index contributed by atoms with van der Waals surface area (Å²) in [6.07, 6.45) is 1.40. The van der Waals surface area contributed by atoms with Crippen molar-refractivity contribution >= 4 is 12.1 Å². The van der Waals surface area contributed by atoms with Crippen molar-refractivity contribution in [3.63, 3.8) is 0 Å². The van der Waals surface area contributed by atoms with Gasteiger partial charge in [-0.3, -0.25) is 4.79 Å².